The van der Waals surface area contributed by atoms with E-state index < -0.39 is 0 Å². The van der Waals surface area contributed by atoms with Crippen LogP contribution in [0.4, 0.5) is 0 Å². The molecule has 2 aromatic rings. The third-order valence-electron chi connectivity index (χ3n) is 1.88. The van der Waals surface area contributed by atoms with Gasteiger partial charge >= 0.3 is 0 Å². The summed E-state index contributed by atoms with van der Waals surface area (Å²) in [6.45, 7) is 0. The summed E-state index contributed by atoms with van der Waals surface area (Å²) in [5.41, 5.74) is 2.55. The topological polar surface area (TPSA) is 0 Å². The number of hydrogen-bond donors (Lipinski definition) is 0. The van der Waals surface area contributed by atoms with Gasteiger partial charge in [-0.1, -0.05) is 60.7 Å². The Bertz CT molecular complexity index is 306. The molecule has 0 amide bonds. The Morgan fingerprint density at radius 2 is 0.714 bits per heavy atom. The summed E-state index contributed by atoms with van der Waals surface area (Å²) >= 11 is 0. The third kappa shape index (κ3) is 3.90. The standard InChI is InChI=1S/C12H10.2Na/c1-3-7-11(8-4-1)12-9-5-2-6-10-12;;/h1-10H;;. The quantitative estimate of drug-likeness (QED) is 0.621. The number of benzene rings is 2. The molecule has 0 atom stereocenters. The molecule has 0 aromatic heterocycles. The van der Waals surface area contributed by atoms with Crippen LogP contribution in [0.2, 0.25) is 0 Å². The van der Waals surface area contributed by atoms with Crippen LogP contribution in [0, 0.1) is 0 Å². The molecule has 60 valence electrons. The van der Waals surface area contributed by atoms with Crippen LogP contribution in [-0.2, 0) is 0 Å². The molecule has 0 saturated heterocycles. The maximum absolute atomic E-state index is 2.12. The maximum Gasteiger partial charge on any atom is 0 e. The van der Waals surface area contributed by atoms with Crippen LogP contribution in [-0.4, -0.2) is 59.1 Å². The first-order chi connectivity index (χ1) is 5.97. The predicted molar refractivity (Wildman–Crippen MR) is 63.4 cm³/mol. The molecule has 0 unspecified atom stereocenters. The Hall–Kier alpha value is 0.440. The van der Waals surface area contributed by atoms with Gasteiger partial charge in [0.15, 0.2) is 0 Å². The van der Waals surface area contributed by atoms with Crippen LogP contribution in [0.25, 0.3) is 11.1 Å². The Labute approximate surface area is 129 Å². The van der Waals surface area contributed by atoms with Gasteiger partial charge < -0.3 is 0 Å². The summed E-state index contributed by atoms with van der Waals surface area (Å²) in [4.78, 5) is 0. The van der Waals surface area contributed by atoms with Crippen LogP contribution >= 0.6 is 0 Å². The van der Waals surface area contributed by atoms with Crippen LogP contribution in [0.5, 0.6) is 0 Å². The van der Waals surface area contributed by atoms with Gasteiger partial charge in [-0.15, -0.1) is 0 Å². The van der Waals surface area contributed by atoms with Crippen LogP contribution < -0.4 is 0 Å². The van der Waals surface area contributed by atoms with Crippen molar-refractivity contribution in [3.05, 3.63) is 60.7 Å². The van der Waals surface area contributed by atoms with Crippen molar-refractivity contribution in [3.8, 4) is 11.1 Å². The van der Waals surface area contributed by atoms with E-state index in [0.717, 1.165) is 0 Å². The monoisotopic (exact) mass is 200 g/mol. The average Bonchev–Trinajstić information content (AvgIpc) is 2.21. The molecule has 0 aliphatic heterocycles. The fourth-order valence-corrected chi connectivity index (χ4v) is 1.26. The van der Waals surface area contributed by atoms with Crippen molar-refractivity contribution in [2.24, 2.45) is 0 Å². The van der Waals surface area contributed by atoms with Crippen molar-refractivity contribution < 1.29 is 0 Å². The first-order valence-electron chi connectivity index (χ1n) is 4.07. The Morgan fingerprint density at radius 1 is 0.429 bits per heavy atom. The van der Waals surface area contributed by atoms with Crippen molar-refractivity contribution >= 4 is 59.1 Å². The molecule has 2 heteroatoms. The van der Waals surface area contributed by atoms with E-state index >= 15 is 0 Å². The molecule has 2 radical (unpaired) electrons. The van der Waals surface area contributed by atoms with Gasteiger partial charge in [0.1, 0.15) is 0 Å². The molecule has 0 nitrogen and oxygen atoms in total. The minimum Gasteiger partial charge on any atom is -0.0622 e. The van der Waals surface area contributed by atoms with Gasteiger partial charge in [-0.2, -0.15) is 0 Å². The van der Waals surface area contributed by atoms with E-state index in [1.165, 1.54) is 11.1 Å². The zero-order chi connectivity index (χ0) is 8.23. The van der Waals surface area contributed by atoms with Crippen molar-refractivity contribution in [2.45, 2.75) is 0 Å². The second kappa shape index (κ2) is 7.70. The summed E-state index contributed by atoms with van der Waals surface area (Å²) in [5.74, 6) is 0. The summed E-state index contributed by atoms with van der Waals surface area (Å²) in [5, 5.41) is 0. The minimum atomic E-state index is 0. The second-order valence-corrected chi connectivity index (χ2v) is 2.73. The Kier molecular flexibility index (Phi) is 7.94. The Morgan fingerprint density at radius 3 is 1.00 bits per heavy atom. The van der Waals surface area contributed by atoms with Crippen LogP contribution in [0.1, 0.15) is 0 Å². The molecular formula is C12H10Na2. The zero-order valence-corrected chi connectivity index (χ0v) is 12.8. The zero-order valence-electron chi connectivity index (χ0n) is 8.77. The fraction of sp³-hybridized carbons (Fsp3) is 0. The molecule has 0 bridgehead atoms. The second-order valence-electron chi connectivity index (χ2n) is 2.73. The number of rotatable bonds is 1. The Balaban J connectivity index is 0.000000845. The van der Waals surface area contributed by atoms with Gasteiger partial charge in [-0.3, -0.25) is 0 Å². The summed E-state index contributed by atoms with van der Waals surface area (Å²) in [6, 6.07) is 20.8. The van der Waals surface area contributed by atoms with Gasteiger partial charge in [0.25, 0.3) is 0 Å². The molecule has 2 rings (SSSR count). The number of hydrogen-bond acceptors (Lipinski definition) is 0. The van der Waals surface area contributed by atoms with E-state index in [2.05, 4.69) is 48.5 Å². The molecule has 0 heterocycles. The largest absolute Gasteiger partial charge is 0.0622 e. The smallest absolute Gasteiger partial charge is 0 e. The molecule has 0 fully saturated rings. The summed E-state index contributed by atoms with van der Waals surface area (Å²) < 4.78 is 0. The van der Waals surface area contributed by atoms with E-state index in [1.807, 2.05) is 12.1 Å². The van der Waals surface area contributed by atoms with Gasteiger partial charge in [0, 0.05) is 59.1 Å². The molecular weight excluding hydrogens is 190 g/mol. The van der Waals surface area contributed by atoms with Crippen LogP contribution in [0.15, 0.2) is 60.7 Å². The maximum atomic E-state index is 2.12. The van der Waals surface area contributed by atoms with Crippen molar-refractivity contribution in [1.82, 2.24) is 0 Å². The molecule has 0 aliphatic carbocycles. The fourth-order valence-electron chi connectivity index (χ4n) is 1.26. The third-order valence-corrected chi connectivity index (χ3v) is 1.88. The molecule has 0 aliphatic rings. The van der Waals surface area contributed by atoms with Crippen molar-refractivity contribution in [1.29, 1.82) is 0 Å². The van der Waals surface area contributed by atoms with E-state index in [1.54, 1.807) is 0 Å². The first kappa shape index (κ1) is 14.4. The van der Waals surface area contributed by atoms with Gasteiger partial charge in [-0.05, 0) is 11.1 Å². The predicted octanol–water partition coefficient (Wildman–Crippen LogP) is 2.59. The first-order valence-corrected chi connectivity index (χ1v) is 4.07. The molecule has 14 heavy (non-hydrogen) atoms. The van der Waals surface area contributed by atoms with Crippen LogP contribution in [0.3, 0.4) is 0 Å². The van der Waals surface area contributed by atoms with E-state index in [-0.39, 0.29) is 59.1 Å². The SMILES string of the molecule is [Na].[Na].c1ccc(-c2ccccc2)cc1. The molecule has 0 saturated carbocycles. The van der Waals surface area contributed by atoms with Crippen molar-refractivity contribution in [3.63, 3.8) is 0 Å². The molecule has 0 spiro atoms. The minimum absolute atomic E-state index is 0. The van der Waals surface area contributed by atoms with Gasteiger partial charge in [-0.25, -0.2) is 0 Å². The van der Waals surface area contributed by atoms with E-state index in [0.29, 0.717) is 0 Å². The van der Waals surface area contributed by atoms with E-state index in [9.17, 15) is 0 Å². The molecule has 2 aromatic carbocycles. The van der Waals surface area contributed by atoms with Gasteiger partial charge in [0.2, 0.25) is 0 Å². The normalized spacial score (nSPS) is 8.29. The summed E-state index contributed by atoms with van der Waals surface area (Å²) in [7, 11) is 0. The van der Waals surface area contributed by atoms with E-state index in [4.69, 9.17) is 0 Å². The average molecular weight is 200 g/mol. The van der Waals surface area contributed by atoms with Gasteiger partial charge in [0.05, 0.1) is 0 Å². The van der Waals surface area contributed by atoms with Crippen molar-refractivity contribution in [2.75, 3.05) is 0 Å². The molecule has 0 N–H and O–H groups in total. The summed E-state index contributed by atoms with van der Waals surface area (Å²) in [6.07, 6.45) is 0.